The Kier molecular flexibility index (Phi) is 3.15. The predicted octanol–water partition coefficient (Wildman–Crippen LogP) is 0.374. The molecule has 0 atom stereocenters. The molecule has 0 spiro atoms. The van der Waals surface area contributed by atoms with Crippen molar-refractivity contribution in [2.24, 2.45) is 5.84 Å². The molecule has 0 unspecified atom stereocenters. The van der Waals surface area contributed by atoms with Gasteiger partial charge in [-0.15, -0.1) is 0 Å². The van der Waals surface area contributed by atoms with Crippen LogP contribution in [0.2, 0.25) is 0 Å². The third kappa shape index (κ3) is 2.48. The first-order valence-electron chi connectivity index (χ1n) is 5.01. The maximum absolute atomic E-state index is 5.37. The van der Waals surface area contributed by atoms with Crippen LogP contribution in [0, 0.1) is 13.8 Å². The Morgan fingerprint density at radius 2 is 2.06 bits per heavy atom. The highest BCUT2D eigenvalue weighted by Crippen LogP contribution is 2.19. The zero-order valence-corrected chi connectivity index (χ0v) is 9.56. The fourth-order valence-electron chi connectivity index (χ4n) is 1.37. The molecular weight excluding hydrogens is 222 g/mol. The molecule has 0 saturated heterocycles. The first-order chi connectivity index (χ1) is 8.20. The minimum Gasteiger partial charge on any atom is -0.362 e. The van der Waals surface area contributed by atoms with E-state index in [1.165, 1.54) is 6.39 Å². The largest absolute Gasteiger partial charge is 0.362 e. The monoisotopic (exact) mass is 235 g/mol. The van der Waals surface area contributed by atoms with Crippen LogP contribution in [-0.2, 0) is 6.54 Å². The Bertz CT molecular complexity index is 496. The SMILES string of the molecule is Cc1nc(NN)c(C)c(NCc2ncon2)n1. The van der Waals surface area contributed by atoms with Gasteiger partial charge in [0.25, 0.3) is 0 Å². The highest BCUT2D eigenvalue weighted by Gasteiger charge is 2.08. The summed E-state index contributed by atoms with van der Waals surface area (Å²) in [5.74, 6) is 7.83. The summed E-state index contributed by atoms with van der Waals surface area (Å²) in [5.41, 5.74) is 3.36. The summed E-state index contributed by atoms with van der Waals surface area (Å²) >= 11 is 0. The fourth-order valence-corrected chi connectivity index (χ4v) is 1.37. The van der Waals surface area contributed by atoms with Crippen LogP contribution in [0.5, 0.6) is 0 Å². The molecule has 8 nitrogen and oxygen atoms in total. The van der Waals surface area contributed by atoms with Crippen molar-refractivity contribution < 1.29 is 4.52 Å². The van der Waals surface area contributed by atoms with Gasteiger partial charge in [-0.25, -0.2) is 15.8 Å². The first kappa shape index (κ1) is 11.3. The Morgan fingerprint density at radius 1 is 1.29 bits per heavy atom. The van der Waals surface area contributed by atoms with Crippen molar-refractivity contribution in [3.05, 3.63) is 23.6 Å². The predicted molar refractivity (Wildman–Crippen MR) is 60.9 cm³/mol. The number of anilines is 2. The number of nitrogens with zero attached hydrogens (tertiary/aromatic N) is 4. The fraction of sp³-hybridized carbons (Fsp3) is 0.333. The van der Waals surface area contributed by atoms with Gasteiger partial charge < -0.3 is 15.3 Å². The van der Waals surface area contributed by atoms with Crippen molar-refractivity contribution in [3.8, 4) is 0 Å². The van der Waals surface area contributed by atoms with Crippen LogP contribution in [0.15, 0.2) is 10.9 Å². The number of hydrazine groups is 1. The van der Waals surface area contributed by atoms with Crippen LogP contribution in [0.25, 0.3) is 0 Å². The molecule has 0 aromatic carbocycles. The molecule has 2 aromatic heterocycles. The van der Waals surface area contributed by atoms with Crippen LogP contribution >= 0.6 is 0 Å². The summed E-state index contributed by atoms with van der Waals surface area (Å²) in [4.78, 5) is 12.3. The number of aromatic nitrogens is 4. The molecule has 0 radical (unpaired) electrons. The second kappa shape index (κ2) is 4.74. The molecule has 8 heteroatoms. The van der Waals surface area contributed by atoms with Crippen molar-refractivity contribution >= 4 is 11.6 Å². The van der Waals surface area contributed by atoms with Gasteiger partial charge in [0.1, 0.15) is 17.5 Å². The molecule has 0 amide bonds. The number of nitrogens with two attached hydrogens (primary N) is 1. The number of rotatable bonds is 4. The van der Waals surface area contributed by atoms with Gasteiger partial charge in [-0.1, -0.05) is 5.16 Å². The molecule has 90 valence electrons. The third-order valence-corrected chi connectivity index (χ3v) is 2.22. The standard InChI is InChI=1S/C9H13N7O/c1-5-8(11-3-7-12-4-17-16-7)13-6(2)14-9(5)15-10/h4H,3,10H2,1-2H3,(H2,11,13,14,15). The summed E-state index contributed by atoms with van der Waals surface area (Å²) in [6.45, 7) is 4.09. The number of nitrogens with one attached hydrogen (secondary N) is 2. The van der Waals surface area contributed by atoms with E-state index in [1.807, 2.05) is 6.92 Å². The van der Waals surface area contributed by atoms with E-state index in [-0.39, 0.29) is 0 Å². The molecule has 2 aromatic rings. The first-order valence-corrected chi connectivity index (χ1v) is 5.01. The smallest absolute Gasteiger partial charge is 0.213 e. The van der Waals surface area contributed by atoms with Gasteiger partial charge in [0.15, 0.2) is 5.82 Å². The van der Waals surface area contributed by atoms with Gasteiger partial charge in [0.05, 0.1) is 6.54 Å². The van der Waals surface area contributed by atoms with E-state index in [2.05, 4.69) is 35.4 Å². The highest BCUT2D eigenvalue weighted by molar-refractivity contribution is 5.56. The van der Waals surface area contributed by atoms with E-state index < -0.39 is 0 Å². The molecule has 0 aliphatic rings. The van der Waals surface area contributed by atoms with Crippen LogP contribution in [-0.4, -0.2) is 20.1 Å². The molecule has 0 bridgehead atoms. The van der Waals surface area contributed by atoms with E-state index in [0.29, 0.717) is 29.8 Å². The average Bonchev–Trinajstić information content (AvgIpc) is 2.82. The topological polar surface area (TPSA) is 115 Å². The molecule has 4 N–H and O–H groups in total. The van der Waals surface area contributed by atoms with E-state index in [1.54, 1.807) is 6.92 Å². The molecule has 17 heavy (non-hydrogen) atoms. The van der Waals surface area contributed by atoms with Crippen LogP contribution < -0.4 is 16.6 Å². The van der Waals surface area contributed by atoms with Crippen molar-refractivity contribution in [3.63, 3.8) is 0 Å². The number of nitrogen functional groups attached to an aromatic ring is 1. The Balaban J connectivity index is 2.17. The normalized spacial score (nSPS) is 10.3. The van der Waals surface area contributed by atoms with E-state index >= 15 is 0 Å². The van der Waals surface area contributed by atoms with Gasteiger partial charge in [0.2, 0.25) is 6.39 Å². The number of hydrogen-bond donors (Lipinski definition) is 3. The average molecular weight is 235 g/mol. The number of aryl methyl sites for hydroxylation is 1. The second-order valence-corrected chi connectivity index (χ2v) is 3.44. The van der Waals surface area contributed by atoms with Crippen LogP contribution in [0.4, 0.5) is 11.6 Å². The Morgan fingerprint density at radius 3 is 2.71 bits per heavy atom. The van der Waals surface area contributed by atoms with Gasteiger partial charge in [-0.3, -0.25) is 0 Å². The molecule has 0 aliphatic carbocycles. The van der Waals surface area contributed by atoms with Gasteiger partial charge in [-0.2, -0.15) is 4.98 Å². The lowest BCUT2D eigenvalue weighted by atomic mass is 10.3. The molecule has 0 fully saturated rings. The van der Waals surface area contributed by atoms with E-state index in [4.69, 9.17) is 5.84 Å². The summed E-state index contributed by atoms with van der Waals surface area (Å²) in [5, 5.41) is 6.79. The highest BCUT2D eigenvalue weighted by atomic mass is 16.5. The molecule has 0 aliphatic heterocycles. The summed E-state index contributed by atoms with van der Waals surface area (Å²) in [7, 11) is 0. The molecule has 0 saturated carbocycles. The van der Waals surface area contributed by atoms with Crippen molar-refractivity contribution in [1.29, 1.82) is 0 Å². The summed E-state index contributed by atoms with van der Waals surface area (Å²) < 4.78 is 4.64. The zero-order chi connectivity index (χ0) is 12.3. The van der Waals surface area contributed by atoms with Crippen molar-refractivity contribution in [2.75, 3.05) is 10.7 Å². The van der Waals surface area contributed by atoms with Gasteiger partial charge in [0, 0.05) is 5.56 Å². The molecular formula is C9H13N7O. The number of hydrogen-bond acceptors (Lipinski definition) is 8. The van der Waals surface area contributed by atoms with Gasteiger partial charge in [-0.05, 0) is 13.8 Å². The minimum atomic E-state index is 0.428. The van der Waals surface area contributed by atoms with Crippen molar-refractivity contribution in [2.45, 2.75) is 20.4 Å². The maximum Gasteiger partial charge on any atom is 0.213 e. The zero-order valence-electron chi connectivity index (χ0n) is 9.56. The lowest BCUT2D eigenvalue weighted by molar-refractivity contribution is 0.411. The second-order valence-electron chi connectivity index (χ2n) is 3.44. The molecule has 2 rings (SSSR count). The Hall–Kier alpha value is -2.22. The third-order valence-electron chi connectivity index (χ3n) is 2.22. The quantitative estimate of drug-likeness (QED) is 0.514. The lowest BCUT2D eigenvalue weighted by Gasteiger charge is -2.11. The van der Waals surface area contributed by atoms with Gasteiger partial charge >= 0.3 is 0 Å². The van der Waals surface area contributed by atoms with Crippen LogP contribution in [0.1, 0.15) is 17.2 Å². The van der Waals surface area contributed by atoms with Crippen LogP contribution in [0.3, 0.4) is 0 Å². The summed E-state index contributed by atoms with van der Waals surface area (Å²) in [6.07, 6.45) is 1.28. The molecule has 2 heterocycles. The maximum atomic E-state index is 5.37. The van der Waals surface area contributed by atoms with E-state index in [9.17, 15) is 0 Å². The minimum absolute atomic E-state index is 0.428. The lowest BCUT2D eigenvalue weighted by Crippen LogP contribution is -2.14. The van der Waals surface area contributed by atoms with Crippen molar-refractivity contribution in [1.82, 2.24) is 20.1 Å². The van der Waals surface area contributed by atoms with E-state index in [0.717, 1.165) is 5.56 Å². The Labute approximate surface area is 97.6 Å². The summed E-state index contributed by atoms with van der Waals surface area (Å²) in [6, 6.07) is 0.